The molecule has 0 N–H and O–H groups in total. The van der Waals surface area contributed by atoms with Gasteiger partial charge in [0.15, 0.2) is 0 Å². The Balaban J connectivity index is 0.000000408. The van der Waals surface area contributed by atoms with Gasteiger partial charge in [0, 0.05) is 58.8 Å². The van der Waals surface area contributed by atoms with Gasteiger partial charge >= 0.3 is 43.1 Å². The summed E-state index contributed by atoms with van der Waals surface area (Å²) in [4.78, 5) is 82.5. The summed E-state index contributed by atoms with van der Waals surface area (Å²) in [7, 11) is 0. The quantitative estimate of drug-likeness (QED) is 0.174. The normalized spacial score (nSPS) is 24.2. The largest absolute Gasteiger partial charge is 1.00 e. The van der Waals surface area contributed by atoms with Crippen molar-refractivity contribution in [1.29, 1.82) is 0 Å². The van der Waals surface area contributed by atoms with Gasteiger partial charge in [-0.1, -0.05) is 85.3 Å². The number of allylic oxidation sites excluding steroid dienone is 4. The second-order valence-corrected chi connectivity index (χ2v) is 15.4. The summed E-state index contributed by atoms with van der Waals surface area (Å²) in [6, 6.07) is 16.7. The minimum absolute atomic E-state index is 0. The molecule has 0 unspecified atom stereocenters. The Morgan fingerprint density at radius 2 is 1.18 bits per heavy atom. The van der Waals surface area contributed by atoms with Crippen LogP contribution in [0.3, 0.4) is 0 Å². The number of nitrogens with zero attached hydrogens (tertiary/aromatic N) is 1. The molecular weight excluding hydrogens is 761 g/mol. The minimum atomic E-state index is -0.668. The van der Waals surface area contributed by atoms with Crippen molar-refractivity contribution in [3.05, 3.63) is 107 Å². The number of Topliss-reactive ketones (excluding diaryl/α,β-unsaturated/α-hetero) is 2. The number of fused-ring (bicyclic) bond motifs is 3. The second-order valence-electron chi connectivity index (χ2n) is 15.4. The zero-order chi connectivity index (χ0) is 44.1. The molecule has 1 saturated heterocycles. The molecule has 0 radical (unpaired) electrons. The molecule has 0 spiro atoms. The first-order valence-electron chi connectivity index (χ1n) is 19.5. The van der Waals surface area contributed by atoms with Crippen LogP contribution in [0.5, 0.6) is 0 Å². The van der Waals surface area contributed by atoms with Crippen LogP contribution >= 0.6 is 0 Å². The Labute approximate surface area is 364 Å². The third-order valence-electron chi connectivity index (χ3n) is 10.9. The molecule has 0 amide bonds. The summed E-state index contributed by atoms with van der Waals surface area (Å²) in [6.07, 6.45) is 14.8. The molecule has 314 valence electrons. The standard InChI is InChI=1S/C16H19NO3.C15H20O3.C10H8.C4H8O.2CO2.Li/c1-11(18)20-10-12-7-8-16(3,17-4)13-5-6-14(19)15(13,2)9-12;1-10-4-5-12(9-18-11(2)16)8-15(3)13(10)6-7-14(15)17;1-2-6-10-8-4-3-7-9(10)5-1;1-2-4-5-3-1;2*2-1-3;/h5,7H,6,8-10H2,1-3H3;5-6,10H,4,7-9H2,1-3H3;1-8H;1-4H2;;;/q;;;;;;+1/t15-,16+;10-,15-;;;;;/m00...../s1. The van der Waals surface area contributed by atoms with Crippen LogP contribution in [-0.2, 0) is 52.6 Å². The van der Waals surface area contributed by atoms with E-state index in [0.717, 1.165) is 36.4 Å². The van der Waals surface area contributed by atoms with Crippen molar-refractivity contribution in [2.24, 2.45) is 16.7 Å². The van der Waals surface area contributed by atoms with Crippen molar-refractivity contribution >= 4 is 46.6 Å². The predicted molar refractivity (Wildman–Crippen MR) is 218 cm³/mol. The molecule has 13 heteroatoms. The molecule has 1 aliphatic heterocycles. The Hall–Kier alpha value is -5.25. The average molecular weight is 817 g/mol. The maximum atomic E-state index is 12.3. The summed E-state index contributed by atoms with van der Waals surface area (Å²) >= 11 is 0. The van der Waals surface area contributed by atoms with Gasteiger partial charge in [0.1, 0.15) is 24.8 Å². The van der Waals surface area contributed by atoms with E-state index in [9.17, 15) is 19.2 Å². The fourth-order valence-corrected chi connectivity index (χ4v) is 7.90. The first-order chi connectivity index (χ1) is 28.0. The predicted octanol–water partition coefficient (Wildman–Crippen LogP) is 5.14. The zero-order valence-electron chi connectivity index (χ0n) is 35.9. The fourth-order valence-electron chi connectivity index (χ4n) is 7.90. The van der Waals surface area contributed by atoms with Crippen LogP contribution in [0.15, 0.2) is 95.1 Å². The van der Waals surface area contributed by atoms with E-state index in [2.05, 4.69) is 72.5 Å². The molecule has 12 nitrogen and oxygen atoms in total. The van der Waals surface area contributed by atoms with E-state index in [0.29, 0.717) is 50.4 Å². The van der Waals surface area contributed by atoms with Crippen LogP contribution < -0.4 is 18.9 Å². The first-order valence-corrected chi connectivity index (χ1v) is 19.5. The van der Waals surface area contributed by atoms with Crippen LogP contribution in [0.2, 0.25) is 0 Å². The van der Waals surface area contributed by atoms with Gasteiger partial charge in [0.25, 0.3) is 5.54 Å². The van der Waals surface area contributed by atoms with Crippen LogP contribution in [0.25, 0.3) is 15.6 Å². The van der Waals surface area contributed by atoms with Gasteiger partial charge in [-0.15, -0.1) is 0 Å². The van der Waals surface area contributed by atoms with Gasteiger partial charge in [-0.3, -0.25) is 19.2 Å². The SMILES string of the molecule is C1CCOC1.CC(=O)OCC1=CC[C@H](C)C2=CCC(=O)[C@@]2(C)C1.O=C=O.O=C=O.[C-]#[N+][C@]1(C)CC=C(COC(C)=O)C[C@]2(C)C(=O)CC=C21.[Li+].c1ccc2ccccc2c1. The van der Waals surface area contributed by atoms with Gasteiger partial charge in [-0.2, -0.15) is 19.2 Å². The Bertz CT molecular complexity index is 1960. The summed E-state index contributed by atoms with van der Waals surface area (Å²) in [5.74, 6) is 0.239. The Kier molecular flexibility index (Phi) is 22.9. The molecule has 7 rings (SSSR count). The number of benzene rings is 2. The molecule has 4 atom stereocenters. The fraction of sp³-hybridized carbons (Fsp3) is 0.468. The topological polar surface area (TPSA) is 169 Å². The van der Waals surface area contributed by atoms with Crippen molar-refractivity contribution in [3.63, 3.8) is 0 Å². The van der Waals surface area contributed by atoms with Crippen LogP contribution in [-0.4, -0.2) is 67.8 Å². The monoisotopic (exact) mass is 816 g/mol. The molecule has 0 saturated carbocycles. The molecule has 1 heterocycles. The minimum Gasteiger partial charge on any atom is -0.461 e. The number of hydrogen-bond donors (Lipinski definition) is 0. The number of hydrogen-bond acceptors (Lipinski definition) is 11. The van der Waals surface area contributed by atoms with E-state index < -0.39 is 11.0 Å². The van der Waals surface area contributed by atoms with E-state index >= 15 is 0 Å². The maximum absolute atomic E-state index is 12.3. The molecule has 60 heavy (non-hydrogen) atoms. The number of rotatable bonds is 4. The van der Waals surface area contributed by atoms with Crippen LogP contribution in [0.1, 0.15) is 92.9 Å². The summed E-state index contributed by atoms with van der Waals surface area (Å²) in [5, 5.41) is 2.62. The number of esters is 2. The second kappa shape index (κ2) is 26.1. The maximum Gasteiger partial charge on any atom is 1.00 e. The van der Waals surface area contributed by atoms with E-state index in [4.69, 9.17) is 40.0 Å². The van der Waals surface area contributed by atoms with Gasteiger partial charge < -0.3 is 19.1 Å². The van der Waals surface area contributed by atoms with Crippen molar-refractivity contribution < 1.29 is 71.4 Å². The van der Waals surface area contributed by atoms with E-state index in [1.54, 1.807) is 0 Å². The number of ketones is 2. The molecule has 4 aliphatic carbocycles. The molecule has 0 bridgehead atoms. The van der Waals surface area contributed by atoms with Gasteiger partial charge in [0.2, 0.25) is 0 Å². The molecule has 1 fully saturated rings. The Morgan fingerprint density at radius 1 is 0.750 bits per heavy atom. The van der Waals surface area contributed by atoms with E-state index in [1.165, 1.54) is 43.0 Å². The van der Waals surface area contributed by atoms with Crippen LogP contribution in [0, 0.1) is 23.3 Å². The smallest absolute Gasteiger partial charge is 0.461 e. The summed E-state index contributed by atoms with van der Waals surface area (Å²) in [6.45, 7) is 20.8. The van der Waals surface area contributed by atoms with Crippen molar-refractivity contribution in [2.75, 3.05) is 26.4 Å². The third kappa shape index (κ3) is 15.4. The molecular formula is C47H55LiNO11+. The van der Waals surface area contributed by atoms with Gasteiger partial charge in [0.05, 0.1) is 10.8 Å². The first kappa shape index (κ1) is 52.8. The average Bonchev–Trinajstić information content (AvgIpc) is 3.92. The molecule has 5 aliphatic rings. The van der Waals surface area contributed by atoms with Crippen LogP contribution in [0.4, 0.5) is 0 Å². The molecule has 0 aromatic heterocycles. The van der Waals surface area contributed by atoms with E-state index in [-0.39, 0.29) is 60.9 Å². The van der Waals surface area contributed by atoms with Crippen molar-refractivity contribution in [3.8, 4) is 0 Å². The van der Waals surface area contributed by atoms with Crippen molar-refractivity contribution in [1.82, 2.24) is 0 Å². The number of carbonyl (C=O) groups excluding carboxylic acids is 8. The number of ether oxygens (including phenoxy) is 3. The van der Waals surface area contributed by atoms with Gasteiger partial charge in [-0.05, 0) is 73.8 Å². The summed E-state index contributed by atoms with van der Waals surface area (Å²) in [5.41, 5.74) is 2.53. The molecule has 2 aromatic rings. The third-order valence-corrected chi connectivity index (χ3v) is 10.9. The molecule has 2 aromatic carbocycles. The Morgan fingerprint density at radius 3 is 1.62 bits per heavy atom. The zero-order valence-corrected chi connectivity index (χ0v) is 35.9. The van der Waals surface area contributed by atoms with E-state index in [1.807, 2.05) is 32.9 Å². The van der Waals surface area contributed by atoms with Gasteiger partial charge in [-0.25, -0.2) is 6.57 Å². The summed E-state index contributed by atoms with van der Waals surface area (Å²) < 4.78 is 15.1. The van der Waals surface area contributed by atoms with Crippen molar-refractivity contribution in [2.45, 2.75) is 98.4 Å². The number of carbonyl (C=O) groups is 4.